The summed E-state index contributed by atoms with van der Waals surface area (Å²) in [6.07, 6.45) is 0.395. The summed E-state index contributed by atoms with van der Waals surface area (Å²) in [5.74, 6) is 0.367. The lowest BCUT2D eigenvalue weighted by Crippen LogP contribution is -2.34. The first kappa shape index (κ1) is 14.9. The Balaban J connectivity index is 2.33. The summed E-state index contributed by atoms with van der Waals surface area (Å²) in [7, 11) is 1.62. The standard InChI is InChI=1S/C14H17BrN2O3/c1-3-20-14(18)11(16)7-10-9-6-8(19-2)4-5-12(9)17-13(10)15/h4-6,11,17H,3,7,16H2,1-2H3/t11-/m0/s1. The summed E-state index contributed by atoms with van der Waals surface area (Å²) >= 11 is 3.47. The molecular formula is C14H17BrN2O3. The molecule has 1 aromatic carbocycles. The van der Waals surface area contributed by atoms with Crippen LogP contribution >= 0.6 is 15.9 Å². The first-order valence-corrected chi connectivity index (χ1v) is 7.12. The van der Waals surface area contributed by atoms with E-state index in [1.165, 1.54) is 0 Å². The highest BCUT2D eigenvalue weighted by molar-refractivity contribution is 9.10. The third kappa shape index (κ3) is 2.96. The second kappa shape index (κ2) is 6.28. The average molecular weight is 341 g/mol. The lowest BCUT2D eigenvalue weighted by atomic mass is 10.1. The molecule has 5 nitrogen and oxygen atoms in total. The second-order valence-electron chi connectivity index (χ2n) is 4.39. The summed E-state index contributed by atoms with van der Waals surface area (Å²) < 4.78 is 11.0. The van der Waals surface area contributed by atoms with Gasteiger partial charge in [0.05, 0.1) is 18.3 Å². The molecule has 0 unspecified atom stereocenters. The Hall–Kier alpha value is -1.53. The Bertz CT molecular complexity index is 624. The van der Waals surface area contributed by atoms with Gasteiger partial charge >= 0.3 is 5.97 Å². The van der Waals surface area contributed by atoms with Gasteiger partial charge in [-0.2, -0.15) is 0 Å². The van der Waals surface area contributed by atoms with Crippen molar-refractivity contribution in [2.45, 2.75) is 19.4 Å². The molecule has 1 atom stereocenters. The normalized spacial score (nSPS) is 12.4. The van der Waals surface area contributed by atoms with Gasteiger partial charge in [0.25, 0.3) is 0 Å². The van der Waals surface area contributed by atoms with E-state index in [9.17, 15) is 4.79 Å². The minimum Gasteiger partial charge on any atom is -0.497 e. The molecule has 0 spiro atoms. The molecule has 20 heavy (non-hydrogen) atoms. The molecule has 0 amide bonds. The van der Waals surface area contributed by atoms with Crippen molar-refractivity contribution >= 4 is 32.8 Å². The quantitative estimate of drug-likeness (QED) is 0.819. The maximum absolute atomic E-state index is 11.6. The number of nitrogens with one attached hydrogen (secondary N) is 1. The van der Waals surface area contributed by atoms with Crippen molar-refractivity contribution < 1.29 is 14.3 Å². The van der Waals surface area contributed by atoms with Crippen LogP contribution in [0.3, 0.4) is 0 Å². The molecule has 2 aromatic rings. The molecule has 108 valence electrons. The molecule has 0 saturated heterocycles. The van der Waals surface area contributed by atoms with Gasteiger partial charge in [-0.05, 0) is 46.6 Å². The number of benzene rings is 1. The van der Waals surface area contributed by atoms with Gasteiger partial charge in [-0.25, -0.2) is 0 Å². The number of nitrogens with two attached hydrogens (primary N) is 1. The van der Waals surface area contributed by atoms with E-state index in [1.807, 2.05) is 18.2 Å². The first-order chi connectivity index (χ1) is 9.56. The zero-order valence-electron chi connectivity index (χ0n) is 11.4. The fourth-order valence-electron chi connectivity index (χ4n) is 2.07. The zero-order valence-corrected chi connectivity index (χ0v) is 13.0. The monoisotopic (exact) mass is 340 g/mol. The van der Waals surface area contributed by atoms with Crippen LogP contribution < -0.4 is 10.5 Å². The van der Waals surface area contributed by atoms with Gasteiger partial charge in [0.2, 0.25) is 0 Å². The number of hydrogen-bond acceptors (Lipinski definition) is 4. The van der Waals surface area contributed by atoms with Crippen molar-refractivity contribution in [3.63, 3.8) is 0 Å². The lowest BCUT2D eigenvalue weighted by molar-refractivity contribution is -0.144. The maximum atomic E-state index is 11.6. The molecule has 3 N–H and O–H groups in total. The number of halogens is 1. The molecule has 0 saturated carbocycles. The Morgan fingerprint density at radius 1 is 1.50 bits per heavy atom. The Labute approximate surface area is 125 Å². The van der Waals surface area contributed by atoms with Gasteiger partial charge in [-0.1, -0.05) is 0 Å². The SMILES string of the molecule is CCOC(=O)[C@@H](N)Cc1c(Br)[nH]c2ccc(OC)cc12. The van der Waals surface area contributed by atoms with Crippen LogP contribution in [-0.2, 0) is 16.0 Å². The minimum absolute atomic E-state index is 0.329. The largest absolute Gasteiger partial charge is 0.497 e. The van der Waals surface area contributed by atoms with E-state index in [2.05, 4.69) is 20.9 Å². The summed E-state index contributed by atoms with van der Waals surface area (Å²) in [4.78, 5) is 14.9. The molecule has 0 radical (unpaired) electrons. The smallest absolute Gasteiger partial charge is 0.323 e. The molecule has 1 heterocycles. The van der Waals surface area contributed by atoms with Crippen LogP contribution in [0.15, 0.2) is 22.8 Å². The topological polar surface area (TPSA) is 77.3 Å². The van der Waals surface area contributed by atoms with E-state index in [1.54, 1.807) is 14.0 Å². The molecule has 6 heteroatoms. The number of methoxy groups -OCH3 is 1. The highest BCUT2D eigenvalue weighted by atomic mass is 79.9. The molecule has 0 aliphatic carbocycles. The molecule has 0 fully saturated rings. The van der Waals surface area contributed by atoms with E-state index in [4.69, 9.17) is 15.2 Å². The molecule has 0 aliphatic rings. The number of aromatic amines is 1. The summed E-state index contributed by atoms with van der Waals surface area (Å²) in [5, 5.41) is 0.982. The fourth-order valence-corrected chi connectivity index (χ4v) is 2.66. The van der Waals surface area contributed by atoms with E-state index >= 15 is 0 Å². The van der Waals surface area contributed by atoms with Crippen molar-refractivity contribution in [3.05, 3.63) is 28.4 Å². The van der Waals surface area contributed by atoms with Gasteiger partial charge in [0.15, 0.2) is 0 Å². The molecular weight excluding hydrogens is 324 g/mol. The van der Waals surface area contributed by atoms with E-state index < -0.39 is 12.0 Å². The second-order valence-corrected chi connectivity index (χ2v) is 5.18. The summed E-state index contributed by atoms with van der Waals surface area (Å²) in [5.41, 5.74) is 7.79. The number of rotatable bonds is 5. The Morgan fingerprint density at radius 2 is 2.25 bits per heavy atom. The number of ether oxygens (including phenoxy) is 2. The number of hydrogen-bond donors (Lipinski definition) is 2. The van der Waals surface area contributed by atoms with Gasteiger partial charge < -0.3 is 20.2 Å². The fraction of sp³-hybridized carbons (Fsp3) is 0.357. The predicted molar refractivity (Wildman–Crippen MR) is 80.9 cm³/mol. The number of carbonyl (C=O) groups is 1. The van der Waals surface area contributed by atoms with Crippen molar-refractivity contribution in [1.29, 1.82) is 0 Å². The minimum atomic E-state index is -0.684. The third-order valence-electron chi connectivity index (χ3n) is 3.07. The molecule has 0 bridgehead atoms. The van der Waals surface area contributed by atoms with Gasteiger partial charge in [0.1, 0.15) is 11.8 Å². The van der Waals surface area contributed by atoms with Crippen LogP contribution in [0, 0.1) is 0 Å². The molecule has 2 rings (SSSR count). The van der Waals surface area contributed by atoms with Gasteiger partial charge in [0, 0.05) is 17.3 Å². The van der Waals surface area contributed by atoms with E-state index in [0.717, 1.165) is 26.8 Å². The lowest BCUT2D eigenvalue weighted by Gasteiger charge is -2.10. The highest BCUT2D eigenvalue weighted by Gasteiger charge is 2.19. The van der Waals surface area contributed by atoms with Crippen LogP contribution in [0.1, 0.15) is 12.5 Å². The summed E-state index contributed by atoms with van der Waals surface area (Å²) in [6.45, 7) is 2.09. The Kier molecular flexibility index (Phi) is 4.67. The van der Waals surface area contributed by atoms with E-state index in [-0.39, 0.29) is 0 Å². The van der Waals surface area contributed by atoms with Crippen molar-refractivity contribution in [3.8, 4) is 5.75 Å². The van der Waals surface area contributed by atoms with Crippen LogP contribution in [0.2, 0.25) is 0 Å². The van der Waals surface area contributed by atoms with Crippen molar-refractivity contribution in [1.82, 2.24) is 4.98 Å². The first-order valence-electron chi connectivity index (χ1n) is 6.33. The highest BCUT2D eigenvalue weighted by Crippen LogP contribution is 2.30. The third-order valence-corrected chi connectivity index (χ3v) is 3.75. The summed E-state index contributed by atoms with van der Waals surface area (Å²) in [6, 6.07) is 5.04. The van der Waals surface area contributed by atoms with Crippen LogP contribution in [-0.4, -0.2) is 30.7 Å². The van der Waals surface area contributed by atoms with Crippen molar-refractivity contribution in [2.24, 2.45) is 5.73 Å². The number of aromatic nitrogens is 1. The molecule has 0 aliphatic heterocycles. The van der Waals surface area contributed by atoms with Crippen LogP contribution in [0.4, 0.5) is 0 Å². The predicted octanol–water partition coefficient (Wildman–Crippen LogP) is 2.37. The van der Waals surface area contributed by atoms with Crippen LogP contribution in [0.25, 0.3) is 10.9 Å². The Morgan fingerprint density at radius 3 is 2.90 bits per heavy atom. The zero-order chi connectivity index (χ0) is 14.7. The van der Waals surface area contributed by atoms with Crippen LogP contribution in [0.5, 0.6) is 5.75 Å². The average Bonchev–Trinajstić information content (AvgIpc) is 2.74. The number of carbonyl (C=O) groups excluding carboxylic acids is 1. The number of H-pyrrole nitrogens is 1. The van der Waals surface area contributed by atoms with Crippen molar-refractivity contribution in [2.75, 3.05) is 13.7 Å². The maximum Gasteiger partial charge on any atom is 0.323 e. The van der Waals surface area contributed by atoms with Gasteiger partial charge in [-0.15, -0.1) is 0 Å². The van der Waals surface area contributed by atoms with Gasteiger partial charge in [-0.3, -0.25) is 4.79 Å². The number of fused-ring (bicyclic) bond motifs is 1. The molecule has 1 aromatic heterocycles. The number of esters is 1. The van der Waals surface area contributed by atoms with E-state index in [0.29, 0.717) is 13.0 Å².